The fraction of sp³-hybridized carbons (Fsp3) is 0.208. The molecule has 1 aliphatic rings. The van der Waals surface area contributed by atoms with Gasteiger partial charge in [0.05, 0.1) is 11.5 Å². The highest BCUT2D eigenvalue weighted by atomic mass is 32.2. The second-order valence-corrected chi connectivity index (χ2v) is 17.4. The van der Waals surface area contributed by atoms with E-state index in [0.717, 1.165) is 23.5 Å². The van der Waals surface area contributed by atoms with Crippen LogP contribution in [0.25, 0.3) is 5.57 Å². The molecule has 11 nitrogen and oxygen atoms in total. The highest BCUT2D eigenvalue weighted by molar-refractivity contribution is 7.86. The molecule has 6 rings (SSSR count). The Morgan fingerprint density at radius 3 is 2.11 bits per heavy atom. The first-order chi connectivity index (χ1) is 29.2. The van der Waals surface area contributed by atoms with Crippen LogP contribution < -0.4 is 15.0 Å². The first kappa shape index (κ1) is 44.4. The van der Waals surface area contributed by atoms with Gasteiger partial charge in [-0.2, -0.15) is 16.8 Å². The lowest BCUT2D eigenvalue weighted by atomic mass is 9.90. The number of amides is 1. The predicted octanol–water partition coefficient (Wildman–Crippen LogP) is 8.91. The third-order valence-corrected chi connectivity index (χ3v) is 12.0. The molecule has 0 bridgehead atoms. The molecule has 0 unspecified atom stereocenters. The SMILES string of the molecule is CCN(Cc1ccccc1)c1ccc(C(=C2C=CC(=[N+](CC)Cc3cccc(S(=O)(=O)O)c3)C=C2)c2ccc(OCCCC(=O)Nc3cccc(C)c3)cc2S(=O)(=O)O)cc1. The van der Waals surface area contributed by atoms with Crippen molar-refractivity contribution < 1.29 is 40.0 Å². The lowest BCUT2D eigenvalue weighted by molar-refractivity contribution is -0.539. The summed E-state index contributed by atoms with van der Waals surface area (Å²) in [7, 11) is -9.14. The minimum Gasteiger partial charge on any atom is -0.494 e. The quantitative estimate of drug-likeness (QED) is 0.0473. The molecule has 61 heavy (non-hydrogen) atoms. The van der Waals surface area contributed by atoms with Crippen LogP contribution in [0, 0.1) is 6.92 Å². The van der Waals surface area contributed by atoms with Crippen LogP contribution in [-0.2, 0) is 38.1 Å². The van der Waals surface area contributed by atoms with Gasteiger partial charge < -0.3 is 15.0 Å². The molecular weight excluding hydrogens is 811 g/mol. The van der Waals surface area contributed by atoms with Crippen molar-refractivity contribution in [3.05, 3.63) is 179 Å². The topological polar surface area (TPSA) is 153 Å². The van der Waals surface area contributed by atoms with Crippen LogP contribution in [-0.4, -0.2) is 61.8 Å². The Bertz CT molecular complexity index is 2710. The van der Waals surface area contributed by atoms with Crippen molar-refractivity contribution in [1.29, 1.82) is 0 Å². The van der Waals surface area contributed by atoms with E-state index in [9.17, 15) is 30.7 Å². The van der Waals surface area contributed by atoms with Gasteiger partial charge in [0.1, 0.15) is 17.2 Å². The second kappa shape index (κ2) is 20.0. The zero-order chi connectivity index (χ0) is 43.6. The number of rotatable bonds is 17. The maximum Gasteiger partial charge on any atom is 0.295 e. The fourth-order valence-electron chi connectivity index (χ4n) is 7.14. The van der Waals surface area contributed by atoms with Crippen LogP contribution in [0.15, 0.2) is 161 Å². The van der Waals surface area contributed by atoms with E-state index < -0.39 is 20.2 Å². The highest BCUT2D eigenvalue weighted by Gasteiger charge is 2.24. The lowest BCUT2D eigenvalue weighted by Crippen LogP contribution is -2.21. The number of aryl methyl sites for hydroxylation is 1. The van der Waals surface area contributed by atoms with Gasteiger partial charge in [0, 0.05) is 60.2 Å². The Hall–Kier alpha value is -6.12. The molecule has 0 aromatic heterocycles. The monoisotopic (exact) mass is 860 g/mol. The van der Waals surface area contributed by atoms with Crippen LogP contribution in [0.2, 0.25) is 0 Å². The van der Waals surface area contributed by atoms with Gasteiger partial charge >= 0.3 is 0 Å². The molecule has 0 saturated carbocycles. The highest BCUT2D eigenvalue weighted by Crippen LogP contribution is 2.36. The third-order valence-electron chi connectivity index (χ3n) is 10.2. The zero-order valence-electron chi connectivity index (χ0n) is 34.4. The molecule has 13 heteroatoms. The Morgan fingerprint density at radius 1 is 0.754 bits per heavy atom. The number of nitrogens with zero attached hydrogens (tertiary/aromatic N) is 2. The molecule has 3 N–H and O–H groups in total. The summed E-state index contributed by atoms with van der Waals surface area (Å²) in [5.41, 5.74) is 7.59. The number of carbonyl (C=O) groups excluding carboxylic acids is 1. The number of allylic oxidation sites excluding steroid dienone is 5. The summed E-state index contributed by atoms with van der Waals surface area (Å²) in [4.78, 5) is 14.3. The number of anilines is 2. The van der Waals surface area contributed by atoms with Crippen LogP contribution in [0.4, 0.5) is 11.4 Å². The molecule has 0 aliphatic heterocycles. The van der Waals surface area contributed by atoms with E-state index in [1.807, 2.05) is 109 Å². The van der Waals surface area contributed by atoms with E-state index in [1.54, 1.807) is 24.3 Å². The summed E-state index contributed by atoms with van der Waals surface area (Å²) >= 11 is 0. The minimum absolute atomic E-state index is 0.135. The molecule has 5 aromatic carbocycles. The maximum absolute atomic E-state index is 13.2. The van der Waals surface area contributed by atoms with Crippen LogP contribution in [0.3, 0.4) is 0 Å². The molecule has 0 spiro atoms. The van der Waals surface area contributed by atoms with Crippen molar-refractivity contribution >= 4 is 48.8 Å². The zero-order valence-corrected chi connectivity index (χ0v) is 36.0. The molecule has 0 radical (unpaired) electrons. The van der Waals surface area contributed by atoms with E-state index in [1.165, 1.54) is 23.8 Å². The molecule has 1 aliphatic carbocycles. The van der Waals surface area contributed by atoms with E-state index in [2.05, 4.69) is 29.3 Å². The third kappa shape index (κ3) is 12.0. The van der Waals surface area contributed by atoms with Gasteiger partial charge in [0.2, 0.25) is 5.91 Å². The molecule has 5 aromatic rings. The van der Waals surface area contributed by atoms with Gasteiger partial charge in [-0.15, -0.1) is 0 Å². The van der Waals surface area contributed by atoms with Crippen LogP contribution in [0.5, 0.6) is 5.75 Å². The maximum atomic E-state index is 13.2. The summed E-state index contributed by atoms with van der Waals surface area (Å²) < 4.78 is 78.1. The number of ether oxygens (including phenoxy) is 1. The Morgan fingerprint density at radius 2 is 1.46 bits per heavy atom. The smallest absolute Gasteiger partial charge is 0.295 e. The molecule has 1 amide bonds. The summed E-state index contributed by atoms with van der Waals surface area (Å²) in [5, 5.41) is 2.87. The molecular formula is C48H50N3O8S2+. The van der Waals surface area contributed by atoms with Crippen LogP contribution in [0.1, 0.15) is 54.5 Å². The number of hydrogen-bond donors (Lipinski definition) is 3. The summed E-state index contributed by atoms with van der Waals surface area (Å²) in [6.45, 7) is 8.54. The van der Waals surface area contributed by atoms with Gasteiger partial charge in [-0.3, -0.25) is 13.9 Å². The average molecular weight is 861 g/mol. The Kier molecular flexibility index (Phi) is 14.5. The number of carbonyl (C=O) groups is 1. The number of benzene rings is 5. The standard InChI is InChI=1S/C48H49N3O8S2/c1-4-50(33-36-13-7-6-8-14-36)41-23-19-38(20-24-41)48(39-21-25-42(26-22-39)51(5-2)34-37-15-10-17-44(31-37)60(53,54)55)45-28-27-43(32-46(45)61(56,57)58)59-29-11-18-47(52)49-40-16-9-12-35(3)30-40/h6-10,12-17,19-28,30-32H,4-5,11,18,29,33-34H2,1-3H3,(H2-,49,52,53,54,55,56,57,58)/p+1. The summed E-state index contributed by atoms with van der Waals surface area (Å²) in [5.74, 6) is 0.0478. The van der Waals surface area contributed by atoms with E-state index >= 15 is 0 Å². The van der Waals surface area contributed by atoms with Gasteiger partial charge in [-0.25, -0.2) is 4.58 Å². The van der Waals surface area contributed by atoms with Crippen molar-refractivity contribution in [2.24, 2.45) is 0 Å². The van der Waals surface area contributed by atoms with Crippen LogP contribution >= 0.6 is 0 Å². The lowest BCUT2D eigenvalue weighted by Gasteiger charge is -2.24. The van der Waals surface area contributed by atoms with Gasteiger partial charge in [-0.05, 0) is 116 Å². The van der Waals surface area contributed by atoms with E-state index in [0.29, 0.717) is 54.0 Å². The van der Waals surface area contributed by atoms with Crippen molar-refractivity contribution in [2.45, 2.75) is 56.5 Å². The average Bonchev–Trinajstić information content (AvgIpc) is 3.24. The molecule has 0 heterocycles. The van der Waals surface area contributed by atoms with Gasteiger partial charge in [0.15, 0.2) is 12.3 Å². The van der Waals surface area contributed by atoms with Crippen molar-refractivity contribution in [1.82, 2.24) is 0 Å². The summed E-state index contributed by atoms with van der Waals surface area (Å²) in [6.07, 6.45) is 8.12. The van der Waals surface area contributed by atoms with Crippen molar-refractivity contribution in [2.75, 3.05) is 29.9 Å². The number of nitrogens with one attached hydrogen (secondary N) is 1. The summed E-state index contributed by atoms with van der Waals surface area (Å²) in [6, 6.07) is 36.3. The van der Waals surface area contributed by atoms with Crippen molar-refractivity contribution in [3.63, 3.8) is 0 Å². The molecule has 0 atom stereocenters. The fourth-order valence-corrected chi connectivity index (χ4v) is 8.40. The normalized spacial score (nSPS) is 12.6. The largest absolute Gasteiger partial charge is 0.494 e. The first-order valence-corrected chi connectivity index (χ1v) is 22.9. The molecule has 0 fully saturated rings. The van der Waals surface area contributed by atoms with Crippen molar-refractivity contribution in [3.8, 4) is 5.75 Å². The van der Waals surface area contributed by atoms with Gasteiger partial charge in [-0.1, -0.05) is 66.7 Å². The van der Waals surface area contributed by atoms with E-state index in [4.69, 9.17) is 4.74 Å². The van der Waals surface area contributed by atoms with Gasteiger partial charge in [0.25, 0.3) is 20.2 Å². The molecule has 316 valence electrons. The predicted molar refractivity (Wildman–Crippen MR) is 240 cm³/mol. The Balaban J connectivity index is 1.32. The molecule has 0 saturated heterocycles. The minimum atomic E-state index is -4.78. The van der Waals surface area contributed by atoms with E-state index in [-0.39, 0.29) is 40.0 Å². The first-order valence-electron chi connectivity index (χ1n) is 20.0. The number of hydrogen-bond acceptors (Lipinski definition) is 7. The second-order valence-electron chi connectivity index (χ2n) is 14.6. The Labute approximate surface area is 358 Å².